The van der Waals surface area contributed by atoms with Gasteiger partial charge in [-0.2, -0.15) is 0 Å². The second-order valence-electron chi connectivity index (χ2n) is 5.12. The lowest BCUT2D eigenvalue weighted by Crippen LogP contribution is -2.29. The fraction of sp³-hybridized carbons (Fsp3) is 0.500. The highest BCUT2D eigenvalue weighted by molar-refractivity contribution is 5.38. The maximum atomic E-state index is 13.6. The van der Waals surface area contributed by atoms with Crippen LogP contribution < -0.4 is 5.73 Å². The van der Waals surface area contributed by atoms with Gasteiger partial charge in [-0.05, 0) is 37.1 Å². The minimum atomic E-state index is -0.247. The van der Waals surface area contributed by atoms with Crippen molar-refractivity contribution in [2.75, 3.05) is 26.2 Å². The van der Waals surface area contributed by atoms with E-state index in [9.17, 15) is 4.39 Å². The second-order valence-corrected chi connectivity index (χ2v) is 5.12. The zero-order valence-corrected chi connectivity index (χ0v) is 11.9. The molecule has 4 heteroatoms. The lowest BCUT2D eigenvalue weighted by molar-refractivity contribution is 0.0668. The van der Waals surface area contributed by atoms with E-state index >= 15 is 0 Å². The van der Waals surface area contributed by atoms with Crippen molar-refractivity contribution in [2.24, 2.45) is 5.73 Å². The van der Waals surface area contributed by atoms with E-state index in [1.54, 1.807) is 6.07 Å². The van der Waals surface area contributed by atoms with Gasteiger partial charge in [0, 0.05) is 31.8 Å². The Bertz CT molecular complexity index is 507. The number of halogens is 1. The Hall–Kier alpha value is -1.41. The van der Waals surface area contributed by atoms with Crippen LogP contribution in [0.25, 0.3) is 0 Å². The maximum absolute atomic E-state index is 13.6. The molecule has 0 saturated carbocycles. The van der Waals surface area contributed by atoms with Crippen molar-refractivity contribution < 1.29 is 9.13 Å². The first kappa shape index (κ1) is 15.0. The Balaban J connectivity index is 2.09. The number of nitrogens with two attached hydrogens (primary N) is 1. The molecule has 1 aliphatic heterocycles. The molecule has 3 nitrogen and oxygen atoms in total. The second kappa shape index (κ2) is 7.39. The molecule has 1 heterocycles. The average molecular weight is 276 g/mol. The van der Waals surface area contributed by atoms with Gasteiger partial charge in [0.2, 0.25) is 0 Å². The van der Waals surface area contributed by atoms with Crippen molar-refractivity contribution in [3.05, 3.63) is 35.1 Å². The third kappa shape index (κ3) is 4.61. The van der Waals surface area contributed by atoms with Crippen LogP contribution in [0.3, 0.4) is 0 Å². The monoisotopic (exact) mass is 276 g/mol. The molecular formula is C16H21FN2O. The Morgan fingerprint density at radius 2 is 2.30 bits per heavy atom. The van der Waals surface area contributed by atoms with Crippen molar-refractivity contribution in [3.8, 4) is 11.8 Å². The summed E-state index contributed by atoms with van der Waals surface area (Å²) in [5.41, 5.74) is 6.97. The van der Waals surface area contributed by atoms with E-state index in [1.807, 2.05) is 6.07 Å². The highest BCUT2D eigenvalue weighted by Crippen LogP contribution is 2.14. The van der Waals surface area contributed by atoms with E-state index in [1.165, 1.54) is 6.07 Å². The summed E-state index contributed by atoms with van der Waals surface area (Å²) in [5.74, 6) is 5.40. The van der Waals surface area contributed by atoms with Crippen LogP contribution in [0.2, 0.25) is 0 Å². The summed E-state index contributed by atoms with van der Waals surface area (Å²) >= 11 is 0. The number of hydrogen-bond acceptors (Lipinski definition) is 3. The Kier molecular flexibility index (Phi) is 5.54. The smallest absolute Gasteiger partial charge is 0.124 e. The SMILES string of the molecule is CC1CN(Cc2cc(F)cc(C#CCN)c2)CCCO1. The fourth-order valence-corrected chi connectivity index (χ4v) is 2.45. The molecule has 1 saturated heterocycles. The minimum Gasteiger partial charge on any atom is -0.377 e. The summed E-state index contributed by atoms with van der Waals surface area (Å²) in [6.45, 7) is 5.73. The highest BCUT2D eigenvalue weighted by atomic mass is 19.1. The molecule has 1 unspecified atom stereocenters. The van der Waals surface area contributed by atoms with E-state index in [-0.39, 0.29) is 18.5 Å². The minimum absolute atomic E-state index is 0.225. The van der Waals surface area contributed by atoms with Gasteiger partial charge in [0.25, 0.3) is 0 Å². The third-order valence-corrected chi connectivity index (χ3v) is 3.23. The quantitative estimate of drug-likeness (QED) is 0.836. The van der Waals surface area contributed by atoms with Crippen molar-refractivity contribution >= 4 is 0 Å². The summed E-state index contributed by atoms with van der Waals surface area (Å²) in [5, 5.41) is 0. The van der Waals surface area contributed by atoms with Crippen LogP contribution in [0.4, 0.5) is 4.39 Å². The largest absolute Gasteiger partial charge is 0.377 e. The Labute approximate surface area is 119 Å². The molecule has 0 aliphatic carbocycles. The van der Waals surface area contributed by atoms with Gasteiger partial charge in [-0.1, -0.05) is 11.8 Å². The predicted molar refractivity (Wildman–Crippen MR) is 77.6 cm³/mol. The Morgan fingerprint density at radius 1 is 1.45 bits per heavy atom. The normalized spacial score (nSPS) is 20.1. The van der Waals surface area contributed by atoms with Gasteiger partial charge in [0.1, 0.15) is 5.82 Å². The van der Waals surface area contributed by atoms with Crippen molar-refractivity contribution in [3.63, 3.8) is 0 Å². The molecule has 0 radical (unpaired) electrons. The molecule has 1 aromatic carbocycles. The average Bonchev–Trinajstić information content (AvgIpc) is 2.60. The van der Waals surface area contributed by atoms with Gasteiger partial charge in [-0.3, -0.25) is 4.90 Å². The number of ether oxygens (including phenoxy) is 1. The molecule has 0 aromatic heterocycles. The van der Waals surface area contributed by atoms with Crippen LogP contribution in [-0.4, -0.2) is 37.2 Å². The van der Waals surface area contributed by atoms with Gasteiger partial charge >= 0.3 is 0 Å². The third-order valence-electron chi connectivity index (χ3n) is 3.23. The van der Waals surface area contributed by atoms with Crippen molar-refractivity contribution in [1.29, 1.82) is 0 Å². The van der Waals surface area contributed by atoms with Crippen LogP contribution in [-0.2, 0) is 11.3 Å². The van der Waals surface area contributed by atoms with Gasteiger partial charge in [0.15, 0.2) is 0 Å². The fourth-order valence-electron chi connectivity index (χ4n) is 2.45. The summed E-state index contributed by atoms with van der Waals surface area (Å²) in [7, 11) is 0. The van der Waals surface area contributed by atoms with Gasteiger partial charge in [0.05, 0.1) is 12.6 Å². The Morgan fingerprint density at radius 3 is 3.10 bits per heavy atom. The number of benzene rings is 1. The highest BCUT2D eigenvalue weighted by Gasteiger charge is 2.15. The number of hydrogen-bond donors (Lipinski definition) is 1. The molecule has 2 N–H and O–H groups in total. The molecular weight excluding hydrogens is 255 g/mol. The number of nitrogens with zero attached hydrogens (tertiary/aromatic N) is 1. The molecule has 1 fully saturated rings. The zero-order chi connectivity index (χ0) is 14.4. The standard InChI is InChI=1S/C16H21FN2O/c1-13-11-19(6-3-7-20-13)12-15-8-14(4-2-5-18)9-16(17)10-15/h8-10,13H,3,5-7,11-12,18H2,1H3. The molecule has 1 aromatic rings. The van der Waals surface area contributed by atoms with E-state index in [2.05, 4.69) is 23.7 Å². The van der Waals surface area contributed by atoms with E-state index in [4.69, 9.17) is 10.5 Å². The van der Waals surface area contributed by atoms with E-state index in [0.29, 0.717) is 5.56 Å². The molecule has 108 valence electrons. The maximum Gasteiger partial charge on any atom is 0.124 e. The molecule has 2 rings (SSSR count). The van der Waals surface area contributed by atoms with Crippen LogP contribution in [0, 0.1) is 17.7 Å². The van der Waals surface area contributed by atoms with E-state index in [0.717, 1.165) is 38.2 Å². The van der Waals surface area contributed by atoms with Crippen LogP contribution in [0.5, 0.6) is 0 Å². The van der Waals surface area contributed by atoms with Crippen molar-refractivity contribution in [1.82, 2.24) is 4.90 Å². The zero-order valence-electron chi connectivity index (χ0n) is 11.9. The topological polar surface area (TPSA) is 38.5 Å². The summed E-state index contributed by atoms with van der Waals surface area (Å²) in [6.07, 6.45) is 1.24. The van der Waals surface area contributed by atoms with Crippen LogP contribution in [0.1, 0.15) is 24.5 Å². The summed E-state index contributed by atoms with van der Waals surface area (Å²) in [4.78, 5) is 2.30. The molecule has 1 atom stereocenters. The first-order valence-corrected chi connectivity index (χ1v) is 7.00. The molecule has 0 bridgehead atoms. The van der Waals surface area contributed by atoms with Gasteiger partial charge < -0.3 is 10.5 Å². The van der Waals surface area contributed by atoms with Crippen LogP contribution >= 0.6 is 0 Å². The molecule has 1 aliphatic rings. The summed E-state index contributed by atoms with van der Waals surface area (Å²) < 4.78 is 19.2. The number of rotatable bonds is 2. The van der Waals surface area contributed by atoms with Gasteiger partial charge in [-0.15, -0.1) is 0 Å². The summed E-state index contributed by atoms with van der Waals surface area (Å²) in [6, 6.07) is 4.95. The molecule has 0 amide bonds. The van der Waals surface area contributed by atoms with Gasteiger partial charge in [-0.25, -0.2) is 4.39 Å². The lowest BCUT2D eigenvalue weighted by atomic mass is 10.1. The first-order chi connectivity index (χ1) is 9.67. The van der Waals surface area contributed by atoms with Crippen molar-refractivity contribution in [2.45, 2.75) is 26.0 Å². The predicted octanol–water partition coefficient (Wildman–Crippen LogP) is 1.75. The first-order valence-electron chi connectivity index (χ1n) is 7.00. The van der Waals surface area contributed by atoms with Crippen LogP contribution in [0.15, 0.2) is 18.2 Å². The lowest BCUT2D eigenvalue weighted by Gasteiger charge is -2.21. The van der Waals surface area contributed by atoms with E-state index < -0.39 is 0 Å². The molecule has 20 heavy (non-hydrogen) atoms. The molecule has 0 spiro atoms.